The molecule has 0 aliphatic heterocycles. The average molecular weight is 273 g/mol. The predicted octanol–water partition coefficient (Wildman–Crippen LogP) is 3.95. The van der Waals surface area contributed by atoms with E-state index in [4.69, 9.17) is 10.2 Å². The van der Waals surface area contributed by atoms with Gasteiger partial charge in [-0.3, -0.25) is 0 Å². The number of nitrogens with two attached hydrogens (primary N) is 1. The van der Waals surface area contributed by atoms with Crippen molar-refractivity contribution in [3.8, 4) is 0 Å². The summed E-state index contributed by atoms with van der Waals surface area (Å²) in [4.78, 5) is 0. The largest absolute Gasteiger partial charge is 0.464 e. The number of furan rings is 1. The molecule has 0 saturated carbocycles. The van der Waals surface area contributed by atoms with Gasteiger partial charge in [-0.25, -0.2) is 8.78 Å². The Kier molecular flexibility index (Phi) is 3.24. The fourth-order valence-corrected chi connectivity index (χ4v) is 2.34. The SMILES string of the molecule is NC(Cc1c(F)cccc1F)c1coc2ccccc12. The highest BCUT2D eigenvalue weighted by molar-refractivity contribution is 5.81. The molecule has 3 aromatic rings. The van der Waals surface area contributed by atoms with Crippen molar-refractivity contribution in [2.45, 2.75) is 12.5 Å². The monoisotopic (exact) mass is 273 g/mol. The molecule has 0 spiro atoms. The van der Waals surface area contributed by atoms with Crippen LogP contribution < -0.4 is 5.73 Å². The Morgan fingerprint density at radius 1 is 1.00 bits per heavy atom. The molecule has 102 valence electrons. The van der Waals surface area contributed by atoms with Gasteiger partial charge in [0.05, 0.1) is 6.26 Å². The maximum atomic E-state index is 13.6. The van der Waals surface area contributed by atoms with E-state index in [0.717, 1.165) is 10.9 Å². The summed E-state index contributed by atoms with van der Waals surface area (Å²) in [5.41, 5.74) is 7.55. The van der Waals surface area contributed by atoms with Crippen molar-refractivity contribution in [3.63, 3.8) is 0 Å². The highest BCUT2D eigenvalue weighted by Crippen LogP contribution is 2.28. The van der Waals surface area contributed by atoms with Gasteiger partial charge in [0.25, 0.3) is 0 Å². The molecule has 1 unspecified atom stereocenters. The quantitative estimate of drug-likeness (QED) is 0.784. The minimum atomic E-state index is -0.576. The van der Waals surface area contributed by atoms with Gasteiger partial charge in [0, 0.05) is 22.6 Å². The van der Waals surface area contributed by atoms with Gasteiger partial charge in [0.2, 0.25) is 0 Å². The van der Waals surface area contributed by atoms with E-state index in [1.807, 2.05) is 24.3 Å². The molecule has 20 heavy (non-hydrogen) atoms. The van der Waals surface area contributed by atoms with Crippen LogP contribution >= 0.6 is 0 Å². The standard InChI is InChI=1S/C16H13F2NO/c17-13-5-3-6-14(18)11(13)8-15(19)12-9-20-16-7-2-1-4-10(12)16/h1-7,9,15H,8,19H2. The minimum absolute atomic E-state index is 0.00489. The zero-order valence-electron chi connectivity index (χ0n) is 10.6. The summed E-state index contributed by atoms with van der Waals surface area (Å²) < 4.78 is 32.7. The Hall–Kier alpha value is -2.20. The number of hydrogen-bond acceptors (Lipinski definition) is 2. The lowest BCUT2D eigenvalue weighted by molar-refractivity contribution is 0.537. The van der Waals surface area contributed by atoms with Gasteiger partial charge in [-0.2, -0.15) is 0 Å². The Labute approximate surface area is 114 Å². The Morgan fingerprint density at radius 3 is 2.45 bits per heavy atom. The number of hydrogen-bond donors (Lipinski definition) is 1. The van der Waals surface area contributed by atoms with Gasteiger partial charge >= 0.3 is 0 Å². The van der Waals surface area contributed by atoms with Crippen molar-refractivity contribution in [2.75, 3.05) is 0 Å². The molecular weight excluding hydrogens is 260 g/mol. The van der Waals surface area contributed by atoms with Crippen LogP contribution in [0.2, 0.25) is 0 Å². The molecule has 0 radical (unpaired) electrons. The number of halogens is 2. The molecule has 2 nitrogen and oxygen atoms in total. The average Bonchev–Trinajstić information content (AvgIpc) is 2.87. The Balaban J connectivity index is 1.95. The van der Waals surface area contributed by atoms with Crippen LogP contribution in [0.15, 0.2) is 53.1 Å². The molecule has 0 bridgehead atoms. The molecule has 0 aliphatic carbocycles. The van der Waals surface area contributed by atoms with Gasteiger partial charge in [-0.1, -0.05) is 24.3 Å². The van der Waals surface area contributed by atoms with E-state index in [0.29, 0.717) is 5.58 Å². The van der Waals surface area contributed by atoms with E-state index in [2.05, 4.69) is 0 Å². The topological polar surface area (TPSA) is 39.2 Å². The molecule has 2 N–H and O–H groups in total. The summed E-state index contributed by atoms with van der Waals surface area (Å²) in [5, 5.41) is 0.872. The number of rotatable bonds is 3. The second-order valence-corrected chi connectivity index (χ2v) is 4.70. The van der Waals surface area contributed by atoms with Gasteiger partial charge in [-0.05, 0) is 24.6 Å². The second-order valence-electron chi connectivity index (χ2n) is 4.70. The van der Waals surface area contributed by atoms with Gasteiger partial charge in [0.15, 0.2) is 0 Å². The Bertz CT molecular complexity index is 731. The molecule has 1 aromatic heterocycles. The lowest BCUT2D eigenvalue weighted by Gasteiger charge is -2.11. The molecule has 0 saturated heterocycles. The lowest BCUT2D eigenvalue weighted by atomic mass is 9.98. The third kappa shape index (κ3) is 2.18. The zero-order chi connectivity index (χ0) is 14.1. The van der Waals surface area contributed by atoms with E-state index in [1.54, 1.807) is 6.26 Å². The molecule has 1 heterocycles. The van der Waals surface area contributed by atoms with Crippen LogP contribution in [0.5, 0.6) is 0 Å². The van der Waals surface area contributed by atoms with Crippen molar-refractivity contribution >= 4 is 11.0 Å². The van der Waals surface area contributed by atoms with E-state index < -0.39 is 17.7 Å². The van der Waals surface area contributed by atoms with Gasteiger partial charge in [0.1, 0.15) is 17.2 Å². The van der Waals surface area contributed by atoms with Crippen LogP contribution in [0.25, 0.3) is 11.0 Å². The number of para-hydroxylation sites is 1. The van der Waals surface area contributed by atoms with Crippen molar-refractivity contribution in [3.05, 3.63) is 71.5 Å². The van der Waals surface area contributed by atoms with E-state index in [9.17, 15) is 8.78 Å². The first-order valence-electron chi connectivity index (χ1n) is 6.31. The van der Waals surface area contributed by atoms with Crippen LogP contribution in [0.4, 0.5) is 8.78 Å². The number of benzene rings is 2. The fourth-order valence-electron chi connectivity index (χ4n) is 2.34. The highest BCUT2D eigenvalue weighted by Gasteiger charge is 2.17. The van der Waals surface area contributed by atoms with Crippen molar-refractivity contribution in [1.29, 1.82) is 0 Å². The van der Waals surface area contributed by atoms with Crippen molar-refractivity contribution in [1.82, 2.24) is 0 Å². The second kappa shape index (κ2) is 5.06. The molecule has 0 aliphatic rings. The van der Waals surface area contributed by atoms with Crippen LogP contribution in [0, 0.1) is 11.6 Å². The Morgan fingerprint density at radius 2 is 1.70 bits per heavy atom. The molecular formula is C16H13F2NO. The molecule has 4 heteroatoms. The van der Waals surface area contributed by atoms with E-state index in [-0.39, 0.29) is 12.0 Å². The molecule has 0 fully saturated rings. The van der Waals surface area contributed by atoms with Crippen LogP contribution in [0.1, 0.15) is 17.2 Å². The van der Waals surface area contributed by atoms with Crippen LogP contribution in [0.3, 0.4) is 0 Å². The first kappa shape index (κ1) is 12.8. The molecule has 2 aromatic carbocycles. The summed E-state index contributed by atoms with van der Waals surface area (Å²) >= 11 is 0. The highest BCUT2D eigenvalue weighted by atomic mass is 19.1. The third-order valence-electron chi connectivity index (χ3n) is 3.40. The van der Waals surface area contributed by atoms with Crippen LogP contribution in [-0.2, 0) is 6.42 Å². The van der Waals surface area contributed by atoms with Gasteiger partial charge in [-0.15, -0.1) is 0 Å². The maximum Gasteiger partial charge on any atom is 0.134 e. The summed E-state index contributed by atoms with van der Waals surface area (Å²) in [7, 11) is 0. The maximum absolute atomic E-state index is 13.6. The zero-order valence-corrected chi connectivity index (χ0v) is 10.6. The summed E-state index contributed by atoms with van der Waals surface area (Å²) in [6.45, 7) is 0. The van der Waals surface area contributed by atoms with E-state index in [1.165, 1.54) is 18.2 Å². The third-order valence-corrected chi connectivity index (χ3v) is 3.40. The first-order chi connectivity index (χ1) is 9.66. The first-order valence-corrected chi connectivity index (χ1v) is 6.31. The molecule has 1 atom stereocenters. The van der Waals surface area contributed by atoms with Crippen molar-refractivity contribution < 1.29 is 13.2 Å². The summed E-state index contributed by atoms with van der Waals surface area (Å²) in [6, 6.07) is 10.7. The van der Waals surface area contributed by atoms with Crippen LogP contribution in [-0.4, -0.2) is 0 Å². The smallest absolute Gasteiger partial charge is 0.134 e. The minimum Gasteiger partial charge on any atom is -0.464 e. The lowest BCUT2D eigenvalue weighted by Crippen LogP contribution is -2.14. The normalized spacial score (nSPS) is 12.8. The van der Waals surface area contributed by atoms with Crippen molar-refractivity contribution in [2.24, 2.45) is 5.73 Å². The molecule has 3 rings (SSSR count). The summed E-state index contributed by atoms with van der Waals surface area (Å²) in [5.74, 6) is -1.15. The molecule has 0 amide bonds. The van der Waals surface area contributed by atoms with E-state index >= 15 is 0 Å². The number of fused-ring (bicyclic) bond motifs is 1. The fraction of sp³-hybridized carbons (Fsp3) is 0.125. The summed E-state index contributed by atoms with van der Waals surface area (Å²) in [6.07, 6.45) is 1.64. The van der Waals surface area contributed by atoms with Gasteiger partial charge < -0.3 is 10.2 Å². The predicted molar refractivity (Wildman–Crippen MR) is 73.2 cm³/mol.